The number of ether oxygens (including phenoxy) is 1. The Hall–Kier alpha value is -3.72. The molecular formula is C23H22N4O4S. The Morgan fingerprint density at radius 3 is 2.56 bits per heavy atom. The summed E-state index contributed by atoms with van der Waals surface area (Å²) in [7, 11) is 1.56. The third-order valence-electron chi connectivity index (χ3n) is 5.29. The van der Waals surface area contributed by atoms with E-state index in [2.05, 4.69) is 15.6 Å². The first-order valence-electron chi connectivity index (χ1n) is 10.1. The molecular weight excluding hydrogens is 428 g/mol. The molecule has 164 valence electrons. The second-order valence-corrected chi connectivity index (χ2v) is 8.44. The van der Waals surface area contributed by atoms with Crippen LogP contribution in [0.1, 0.15) is 50.0 Å². The fraction of sp³-hybridized carbons (Fsp3) is 0.217. The second kappa shape index (κ2) is 9.19. The summed E-state index contributed by atoms with van der Waals surface area (Å²) in [6.07, 6.45) is 2.26. The minimum Gasteiger partial charge on any atom is -0.497 e. The molecule has 1 aliphatic carbocycles. The quantitative estimate of drug-likeness (QED) is 0.530. The maximum atomic E-state index is 13.0. The van der Waals surface area contributed by atoms with Crippen molar-refractivity contribution in [2.24, 2.45) is 5.73 Å². The zero-order valence-corrected chi connectivity index (χ0v) is 18.2. The van der Waals surface area contributed by atoms with Gasteiger partial charge in [0.25, 0.3) is 11.8 Å². The summed E-state index contributed by atoms with van der Waals surface area (Å²) in [5.41, 5.74) is 7.19. The Balaban J connectivity index is 1.51. The lowest BCUT2D eigenvalue weighted by atomic mass is 9.90. The number of methoxy groups -OCH3 is 1. The number of thiazole rings is 1. The summed E-state index contributed by atoms with van der Waals surface area (Å²) in [6, 6.07) is 13.4. The summed E-state index contributed by atoms with van der Waals surface area (Å²) < 4.78 is 5.11. The highest BCUT2D eigenvalue weighted by Crippen LogP contribution is 2.37. The number of aromatic nitrogens is 1. The number of nitrogens with one attached hydrogen (secondary N) is 2. The molecule has 1 aromatic heterocycles. The minimum atomic E-state index is -0.609. The molecule has 0 spiro atoms. The predicted molar refractivity (Wildman–Crippen MR) is 122 cm³/mol. The zero-order chi connectivity index (χ0) is 22.7. The largest absolute Gasteiger partial charge is 0.497 e. The van der Waals surface area contributed by atoms with Crippen LogP contribution < -0.4 is 21.1 Å². The average molecular weight is 451 g/mol. The van der Waals surface area contributed by atoms with Crippen molar-refractivity contribution in [2.45, 2.75) is 25.2 Å². The van der Waals surface area contributed by atoms with E-state index in [4.69, 9.17) is 10.5 Å². The molecule has 0 bridgehead atoms. The smallest absolute Gasteiger partial charge is 0.257 e. The monoisotopic (exact) mass is 450 g/mol. The number of hydrogen-bond acceptors (Lipinski definition) is 6. The van der Waals surface area contributed by atoms with Crippen LogP contribution in [0, 0.1) is 0 Å². The molecule has 2 aromatic carbocycles. The van der Waals surface area contributed by atoms with Gasteiger partial charge >= 0.3 is 0 Å². The number of fused-ring (bicyclic) bond motifs is 1. The van der Waals surface area contributed by atoms with Crippen molar-refractivity contribution in [3.05, 3.63) is 70.2 Å². The van der Waals surface area contributed by atoms with Crippen molar-refractivity contribution in [1.82, 2.24) is 4.98 Å². The van der Waals surface area contributed by atoms with Crippen LogP contribution in [-0.2, 0) is 11.2 Å². The van der Waals surface area contributed by atoms with Gasteiger partial charge in [-0.3, -0.25) is 19.7 Å². The van der Waals surface area contributed by atoms with E-state index in [1.807, 2.05) is 0 Å². The molecule has 0 saturated carbocycles. The van der Waals surface area contributed by atoms with E-state index in [1.165, 1.54) is 11.3 Å². The average Bonchev–Trinajstić information content (AvgIpc) is 3.21. The molecule has 1 aliphatic rings. The number of para-hydroxylation sites is 1. The van der Waals surface area contributed by atoms with Crippen LogP contribution in [0.2, 0.25) is 0 Å². The fourth-order valence-corrected chi connectivity index (χ4v) is 4.73. The molecule has 1 unspecified atom stereocenters. The van der Waals surface area contributed by atoms with Crippen molar-refractivity contribution in [2.75, 3.05) is 17.7 Å². The van der Waals surface area contributed by atoms with E-state index in [1.54, 1.807) is 55.6 Å². The molecule has 8 nitrogen and oxygen atoms in total. The Bertz CT molecular complexity index is 1170. The fourth-order valence-electron chi connectivity index (χ4n) is 3.67. The van der Waals surface area contributed by atoms with E-state index in [-0.39, 0.29) is 17.4 Å². The van der Waals surface area contributed by atoms with Gasteiger partial charge in [0.1, 0.15) is 5.75 Å². The van der Waals surface area contributed by atoms with Gasteiger partial charge in [0, 0.05) is 10.4 Å². The standard InChI is InChI=1S/C23H22N4O4S/c1-31-14-11-9-13(10-12-14)21(29)27-23-26-19-16(6-4-8-18(19)32-23)22(30)25-17-7-3-2-5-15(17)20(24)28/h2-3,5,7,9-12,16H,4,6,8H2,1H3,(H2,24,28)(H,25,30)(H,26,27,29). The first-order valence-corrected chi connectivity index (χ1v) is 10.9. The van der Waals surface area contributed by atoms with Gasteiger partial charge in [-0.15, -0.1) is 11.3 Å². The summed E-state index contributed by atoms with van der Waals surface area (Å²) in [6.45, 7) is 0. The van der Waals surface area contributed by atoms with Crippen LogP contribution in [0.15, 0.2) is 48.5 Å². The molecule has 32 heavy (non-hydrogen) atoms. The highest BCUT2D eigenvalue weighted by Gasteiger charge is 2.31. The normalized spacial score (nSPS) is 14.8. The van der Waals surface area contributed by atoms with E-state index >= 15 is 0 Å². The van der Waals surface area contributed by atoms with E-state index < -0.39 is 11.8 Å². The number of hydrogen-bond donors (Lipinski definition) is 3. The Labute approximate surface area is 188 Å². The summed E-state index contributed by atoms with van der Waals surface area (Å²) in [4.78, 5) is 42.8. The predicted octanol–water partition coefficient (Wildman–Crippen LogP) is 3.56. The van der Waals surface area contributed by atoms with E-state index in [9.17, 15) is 14.4 Å². The van der Waals surface area contributed by atoms with Gasteiger partial charge in [-0.1, -0.05) is 12.1 Å². The molecule has 0 aliphatic heterocycles. The Kier molecular flexibility index (Phi) is 6.18. The lowest BCUT2D eigenvalue weighted by Crippen LogP contribution is -2.26. The lowest BCUT2D eigenvalue weighted by Gasteiger charge is -2.21. The third-order valence-corrected chi connectivity index (χ3v) is 6.34. The van der Waals surface area contributed by atoms with Crippen molar-refractivity contribution < 1.29 is 19.1 Å². The first-order chi connectivity index (χ1) is 15.5. The molecule has 0 radical (unpaired) electrons. The molecule has 4 N–H and O–H groups in total. The molecule has 3 aromatic rings. The molecule has 3 amide bonds. The van der Waals surface area contributed by atoms with Crippen molar-refractivity contribution >= 4 is 39.9 Å². The van der Waals surface area contributed by atoms with Crippen LogP contribution in [0.5, 0.6) is 5.75 Å². The number of carbonyl (C=O) groups is 3. The number of benzene rings is 2. The van der Waals surface area contributed by atoms with Crippen LogP contribution in [0.4, 0.5) is 10.8 Å². The topological polar surface area (TPSA) is 123 Å². The molecule has 0 fully saturated rings. The van der Waals surface area contributed by atoms with Gasteiger partial charge in [-0.2, -0.15) is 0 Å². The first kappa shape index (κ1) is 21.5. The number of nitrogens with zero attached hydrogens (tertiary/aromatic N) is 1. The minimum absolute atomic E-state index is 0.252. The van der Waals surface area contributed by atoms with Gasteiger partial charge in [0.15, 0.2) is 5.13 Å². The third kappa shape index (κ3) is 4.47. The molecule has 1 heterocycles. The molecule has 4 rings (SSSR count). The van der Waals surface area contributed by atoms with Crippen molar-refractivity contribution in [1.29, 1.82) is 0 Å². The molecule has 1 atom stereocenters. The number of primary amides is 1. The highest BCUT2D eigenvalue weighted by atomic mass is 32.1. The van der Waals surface area contributed by atoms with Crippen LogP contribution in [0.3, 0.4) is 0 Å². The summed E-state index contributed by atoms with van der Waals surface area (Å²) >= 11 is 1.38. The number of aryl methyl sites for hydroxylation is 1. The van der Waals surface area contributed by atoms with Crippen LogP contribution in [-0.4, -0.2) is 29.8 Å². The molecule has 9 heteroatoms. The maximum absolute atomic E-state index is 13.0. The van der Waals surface area contributed by atoms with Crippen LogP contribution in [0.25, 0.3) is 0 Å². The second-order valence-electron chi connectivity index (χ2n) is 7.35. The number of amides is 3. The molecule has 0 saturated heterocycles. The highest BCUT2D eigenvalue weighted by molar-refractivity contribution is 7.16. The van der Waals surface area contributed by atoms with Crippen LogP contribution >= 0.6 is 11.3 Å². The SMILES string of the molecule is COc1ccc(C(=O)Nc2nc3c(s2)CCCC3C(=O)Nc2ccccc2C(N)=O)cc1. The number of carbonyl (C=O) groups excluding carboxylic acids is 3. The van der Waals surface area contributed by atoms with Gasteiger partial charge in [-0.05, 0) is 55.7 Å². The van der Waals surface area contributed by atoms with Crippen molar-refractivity contribution in [3.63, 3.8) is 0 Å². The lowest BCUT2D eigenvalue weighted by molar-refractivity contribution is -0.117. The van der Waals surface area contributed by atoms with Crippen molar-refractivity contribution in [3.8, 4) is 5.75 Å². The Morgan fingerprint density at radius 2 is 1.84 bits per heavy atom. The van der Waals surface area contributed by atoms with E-state index in [0.29, 0.717) is 34.2 Å². The number of anilines is 2. The van der Waals surface area contributed by atoms with Gasteiger partial charge in [0.2, 0.25) is 5.91 Å². The van der Waals surface area contributed by atoms with Gasteiger partial charge in [0.05, 0.1) is 30.0 Å². The van der Waals surface area contributed by atoms with E-state index in [0.717, 1.165) is 17.7 Å². The Morgan fingerprint density at radius 1 is 1.09 bits per heavy atom. The van der Waals surface area contributed by atoms with Gasteiger partial charge < -0.3 is 15.8 Å². The summed E-state index contributed by atoms with van der Waals surface area (Å²) in [5.74, 6) is -0.948. The summed E-state index contributed by atoms with van der Waals surface area (Å²) in [5, 5.41) is 6.09. The number of rotatable bonds is 6. The van der Waals surface area contributed by atoms with Gasteiger partial charge in [-0.25, -0.2) is 4.98 Å². The maximum Gasteiger partial charge on any atom is 0.257 e. The number of nitrogens with two attached hydrogens (primary N) is 1. The zero-order valence-electron chi connectivity index (χ0n) is 17.4.